The molecule has 0 fully saturated rings. The minimum Gasteiger partial charge on any atom is -0.322 e. The monoisotopic (exact) mass is 401 g/mol. The molecule has 0 atom stereocenters. The molecule has 0 unspecified atom stereocenters. The van der Waals surface area contributed by atoms with E-state index in [-0.39, 0.29) is 11.8 Å². The number of aryl methyl sites for hydroxylation is 1. The van der Waals surface area contributed by atoms with Gasteiger partial charge in [-0.15, -0.1) is 0 Å². The molecule has 0 aromatic heterocycles. The first kappa shape index (κ1) is 18.7. The molecule has 0 radical (unpaired) electrons. The molecule has 0 bridgehead atoms. The van der Waals surface area contributed by atoms with E-state index in [1.807, 2.05) is 37.3 Å². The van der Waals surface area contributed by atoms with Crippen molar-refractivity contribution in [1.29, 1.82) is 0 Å². The Bertz CT molecular complexity index is 803. The lowest BCUT2D eigenvalue weighted by molar-refractivity contribution is -0.112. The number of nitrogens with one attached hydrogen (secondary N) is 3. The molecule has 3 N–H and O–H groups in total. The molecule has 5 nitrogen and oxygen atoms in total. The maximum absolute atomic E-state index is 12.1. The molecule has 6 heteroatoms. The molecule has 0 saturated carbocycles. The average Bonchev–Trinajstić information content (AvgIpc) is 2.60. The summed E-state index contributed by atoms with van der Waals surface area (Å²) in [6.07, 6.45) is 2.23. The SMILES string of the molecule is CCc1ccccc1NC(=O)C=C(C)NNC(=O)c1ccccc1Br. The zero-order valence-electron chi connectivity index (χ0n) is 14.1. The lowest BCUT2D eigenvalue weighted by atomic mass is 10.1. The Kier molecular flexibility index (Phi) is 6.77. The molecule has 0 aliphatic carbocycles. The van der Waals surface area contributed by atoms with Crippen LogP contribution in [-0.2, 0) is 11.2 Å². The fourth-order valence-electron chi connectivity index (χ4n) is 2.22. The molecule has 2 aromatic rings. The summed E-state index contributed by atoms with van der Waals surface area (Å²) >= 11 is 3.33. The standard InChI is InChI=1S/C19H20BrN3O2/c1-3-14-8-4-7-11-17(14)21-18(24)12-13(2)22-23-19(25)15-9-5-6-10-16(15)20/h4-12,22H,3H2,1-2H3,(H,21,24)(H,23,25). The lowest BCUT2D eigenvalue weighted by Gasteiger charge is -2.11. The highest BCUT2D eigenvalue weighted by atomic mass is 79.9. The van der Waals surface area contributed by atoms with Gasteiger partial charge in [0.15, 0.2) is 0 Å². The molecule has 2 amide bonds. The van der Waals surface area contributed by atoms with Gasteiger partial charge in [0.2, 0.25) is 5.91 Å². The Morgan fingerprint density at radius 3 is 2.44 bits per heavy atom. The van der Waals surface area contributed by atoms with E-state index in [0.29, 0.717) is 15.7 Å². The zero-order valence-corrected chi connectivity index (χ0v) is 15.7. The van der Waals surface area contributed by atoms with Crippen LogP contribution >= 0.6 is 15.9 Å². The zero-order chi connectivity index (χ0) is 18.2. The third-order valence-corrected chi connectivity index (χ3v) is 4.19. The van der Waals surface area contributed by atoms with Crippen LogP contribution in [0.3, 0.4) is 0 Å². The summed E-state index contributed by atoms with van der Waals surface area (Å²) in [6, 6.07) is 14.8. The van der Waals surface area contributed by atoms with Gasteiger partial charge in [0.05, 0.1) is 5.56 Å². The highest BCUT2D eigenvalue weighted by Gasteiger charge is 2.09. The van der Waals surface area contributed by atoms with Gasteiger partial charge in [-0.2, -0.15) is 0 Å². The van der Waals surface area contributed by atoms with Crippen molar-refractivity contribution in [3.05, 3.63) is 75.9 Å². The van der Waals surface area contributed by atoms with Crippen molar-refractivity contribution < 1.29 is 9.59 Å². The van der Waals surface area contributed by atoms with Gasteiger partial charge in [-0.3, -0.25) is 15.0 Å². The molecule has 130 valence electrons. The quantitative estimate of drug-likeness (QED) is 0.509. The number of carbonyl (C=O) groups is 2. The van der Waals surface area contributed by atoms with Crippen molar-refractivity contribution in [2.75, 3.05) is 5.32 Å². The smallest absolute Gasteiger partial charge is 0.270 e. The van der Waals surface area contributed by atoms with E-state index in [9.17, 15) is 9.59 Å². The first-order chi connectivity index (χ1) is 12.0. The Hall–Kier alpha value is -2.60. The van der Waals surface area contributed by atoms with E-state index in [1.165, 1.54) is 6.08 Å². The number of allylic oxidation sites excluding steroid dienone is 1. The van der Waals surface area contributed by atoms with Crippen molar-refractivity contribution in [3.8, 4) is 0 Å². The topological polar surface area (TPSA) is 70.2 Å². The predicted molar refractivity (Wildman–Crippen MR) is 103 cm³/mol. The minimum atomic E-state index is -0.294. The number of hydrogen-bond acceptors (Lipinski definition) is 3. The van der Waals surface area contributed by atoms with Crippen LogP contribution in [0, 0.1) is 0 Å². The Morgan fingerprint density at radius 1 is 1.04 bits per heavy atom. The highest BCUT2D eigenvalue weighted by molar-refractivity contribution is 9.10. The van der Waals surface area contributed by atoms with Crippen molar-refractivity contribution >= 4 is 33.4 Å². The van der Waals surface area contributed by atoms with E-state index in [2.05, 4.69) is 32.1 Å². The van der Waals surface area contributed by atoms with Crippen LogP contribution in [-0.4, -0.2) is 11.8 Å². The average molecular weight is 402 g/mol. The molecular formula is C19H20BrN3O2. The maximum Gasteiger partial charge on any atom is 0.270 e. The molecule has 0 heterocycles. The van der Waals surface area contributed by atoms with Crippen LogP contribution in [0.1, 0.15) is 29.8 Å². The Labute approximate surface area is 155 Å². The molecular weight excluding hydrogens is 382 g/mol. The van der Waals surface area contributed by atoms with Crippen LogP contribution in [0.5, 0.6) is 0 Å². The predicted octanol–water partition coefficient (Wildman–Crippen LogP) is 3.79. The number of amides is 2. The summed E-state index contributed by atoms with van der Waals surface area (Å²) in [5.41, 5.74) is 8.18. The van der Waals surface area contributed by atoms with Gasteiger partial charge in [0.25, 0.3) is 5.91 Å². The Morgan fingerprint density at radius 2 is 1.72 bits per heavy atom. The van der Waals surface area contributed by atoms with Gasteiger partial charge in [-0.25, -0.2) is 0 Å². The van der Waals surface area contributed by atoms with Gasteiger partial charge in [0, 0.05) is 21.9 Å². The summed E-state index contributed by atoms with van der Waals surface area (Å²) in [7, 11) is 0. The number of carbonyl (C=O) groups excluding carboxylic acids is 2. The second-order valence-corrected chi connectivity index (χ2v) is 6.24. The van der Waals surface area contributed by atoms with Gasteiger partial charge in [-0.05, 0) is 53.0 Å². The van der Waals surface area contributed by atoms with E-state index in [1.54, 1.807) is 25.1 Å². The van der Waals surface area contributed by atoms with Crippen LogP contribution in [0.15, 0.2) is 64.8 Å². The second-order valence-electron chi connectivity index (χ2n) is 5.39. The van der Waals surface area contributed by atoms with Gasteiger partial charge >= 0.3 is 0 Å². The van der Waals surface area contributed by atoms with E-state index in [0.717, 1.165) is 17.7 Å². The number of halogens is 1. The van der Waals surface area contributed by atoms with Crippen molar-refractivity contribution in [1.82, 2.24) is 10.9 Å². The second kappa shape index (κ2) is 9.03. The fraction of sp³-hybridized carbons (Fsp3) is 0.158. The van der Waals surface area contributed by atoms with Gasteiger partial charge in [0.1, 0.15) is 0 Å². The number of benzene rings is 2. The fourth-order valence-corrected chi connectivity index (χ4v) is 2.68. The van der Waals surface area contributed by atoms with Crippen molar-refractivity contribution in [2.45, 2.75) is 20.3 Å². The maximum atomic E-state index is 12.1. The summed E-state index contributed by atoms with van der Waals surface area (Å²) in [6.45, 7) is 3.73. The van der Waals surface area contributed by atoms with Gasteiger partial charge < -0.3 is 10.7 Å². The molecule has 0 aliphatic heterocycles. The third kappa shape index (κ3) is 5.46. The summed E-state index contributed by atoms with van der Waals surface area (Å²) in [5.74, 6) is -0.557. The van der Waals surface area contributed by atoms with Gasteiger partial charge in [-0.1, -0.05) is 37.3 Å². The number of hydrogen-bond donors (Lipinski definition) is 3. The number of rotatable bonds is 6. The van der Waals surface area contributed by atoms with Crippen LogP contribution < -0.4 is 16.2 Å². The first-order valence-electron chi connectivity index (χ1n) is 7.89. The van der Waals surface area contributed by atoms with Crippen LogP contribution in [0.2, 0.25) is 0 Å². The normalized spacial score (nSPS) is 10.9. The molecule has 0 saturated heterocycles. The molecule has 0 spiro atoms. The summed E-state index contributed by atoms with van der Waals surface area (Å²) < 4.78 is 0.699. The lowest BCUT2D eigenvalue weighted by Crippen LogP contribution is -2.36. The summed E-state index contributed by atoms with van der Waals surface area (Å²) in [4.78, 5) is 24.2. The third-order valence-electron chi connectivity index (χ3n) is 3.50. The molecule has 2 aromatic carbocycles. The van der Waals surface area contributed by atoms with E-state index < -0.39 is 0 Å². The number of hydrazine groups is 1. The molecule has 2 rings (SSSR count). The van der Waals surface area contributed by atoms with Crippen molar-refractivity contribution in [3.63, 3.8) is 0 Å². The molecule has 25 heavy (non-hydrogen) atoms. The number of para-hydroxylation sites is 1. The molecule has 0 aliphatic rings. The van der Waals surface area contributed by atoms with Crippen LogP contribution in [0.4, 0.5) is 5.69 Å². The van der Waals surface area contributed by atoms with E-state index in [4.69, 9.17) is 0 Å². The Balaban J connectivity index is 1.93. The minimum absolute atomic E-state index is 0.263. The summed E-state index contributed by atoms with van der Waals surface area (Å²) in [5, 5.41) is 2.85. The first-order valence-corrected chi connectivity index (χ1v) is 8.68. The highest BCUT2D eigenvalue weighted by Crippen LogP contribution is 2.16. The van der Waals surface area contributed by atoms with E-state index >= 15 is 0 Å². The largest absolute Gasteiger partial charge is 0.322 e. The number of anilines is 1. The van der Waals surface area contributed by atoms with Crippen molar-refractivity contribution in [2.24, 2.45) is 0 Å². The van der Waals surface area contributed by atoms with Crippen LogP contribution in [0.25, 0.3) is 0 Å².